The van der Waals surface area contributed by atoms with Gasteiger partial charge in [-0.1, -0.05) is 23.7 Å². The van der Waals surface area contributed by atoms with Gasteiger partial charge in [-0.2, -0.15) is 0 Å². The number of halogens is 1. The van der Waals surface area contributed by atoms with Crippen LogP contribution >= 0.6 is 11.6 Å². The van der Waals surface area contributed by atoms with Crippen LogP contribution in [0.3, 0.4) is 0 Å². The van der Waals surface area contributed by atoms with E-state index in [2.05, 4.69) is 23.1 Å². The van der Waals surface area contributed by atoms with Crippen molar-refractivity contribution in [1.82, 2.24) is 0 Å². The molecule has 1 heterocycles. The maximum atomic E-state index is 6.31. The summed E-state index contributed by atoms with van der Waals surface area (Å²) >= 11 is 6.31. The summed E-state index contributed by atoms with van der Waals surface area (Å²) in [7, 11) is 3.34. The van der Waals surface area contributed by atoms with E-state index < -0.39 is 0 Å². The van der Waals surface area contributed by atoms with E-state index >= 15 is 0 Å². The Morgan fingerprint density at radius 3 is 2.38 bits per heavy atom. The number of rotatable bonds is 5. The number of quaternary nitrogens is 1. The third-order valence-electron chi connectivity index (χ3n) is 4.57. The Bertz CT molecular complexity index is 685. The molecule has 0 aliphatic carbocycles. The number of para-hydroxylation sites is 1. The van der Waals surface area contributed by atoms with E-state index in [-0.39, 0.29) is 0 Å². The first-order chi connectivity index (χ1) is 11.7. The number of piperazine rings is 1. The van der Waals surface area contributed by atoms with Gasteiger partial charge in [0.2, 0.25) is 0 Å². The number of hydrogen-bond donors (Lipinski definition) is 1. The van der Waals surface area contributed by atoms with Crippen molar-refractivity contribution < 1.29 is 14.4 Å². The molecule has 1 fully saturated rings. The summed E-state index contributed by atoms with van der Waals surface area (Å²) in [4.78, 5) is 3.95. The molecule has 0 atom stereocenters. The van der Waals surface area contributed by atoms with Gasteiger partial charge in [-0.25, -0.2) is 0 Å². The van der Waals surface area contributed by atoms with Gasteiger partial charge in [0.05, 0.1) is 51.1 Å². The molecule has 1 saturated heterocycles. The van der Waals surface area contributed by atoms with Crippen LogP contribution in [0.1, 0.15) is 5.56 Å². The van der Waals surface area contributed by atoms with E-state index in [1.165, 1.54) is 5.56 Å². The van der Waals surface area contributed by atoms with Crippen molar-refractivity contribution in [3.63, 3.8) is 0 Å². The first-order valence-corrected chi connectivity index (χ1v) is 8.63. The highest BCUT2D eigenvalue weighted by atomic mass is 35.5. The molecule has 0 bridgehead atoms. The minimum Gasteiger partial charge on any atom is -0.493 e. The Hall–Kier alpha value is -1.91. The van der Waals surface area contributed by atoms with Crippen molar-refractivity contribution in [3.8, 4) is 11.5 Å². The highest BCUT2D eigenvalue weighted by Crippen LogP contribution is 2.27. The van der Waals surface area contributed by atoms with Crippen LogP contribution in [0.15, 0.2) is 42.5 Å². The quantitative estimate of drug-likeness (QED) is 0.898. The predicted molar refractivity (Wildman–Crippen MR) is 97.6 cm³/mol. The van der Waals surface area contributed by atoms with Crippen molar-refractivity contribution in [2.24, 2.45) is 0 Å². The van der Waals surface area contributed by atoms with Crippen LogP contribution in [0.4, 0.5) is 5.69 Å². The second kappa shape index (κ2) is 7.77. The lowest BCUT2D eigenvalue weighted by molar-refractivity contribution is -0.914. The van der Waals surface area contributed by atoms with Crippen LogP contribution in [-0.4, -0.2) is 40.4 Å². The van der Waals surface area contributed by atoms with E-state index in [0.717, 1.165) is 54.9 Å². The normalized spacial score (nSPS) is 15.4. The van der Waals surface area contributed by atoms with E-state index in [0.29, 0.717) is 0 Å². The second-order valence-electron chi connectivity index (χ2n) is 6.05. The number of benzene rings is 2. The summed E-state index contributed by atoms with van der Waals surface area (Å²) in [5.41, 5.74) is 2.41. The molecule has 1 aliphatic heterocycles. The van der Waals surface area contributed by atoms with Crippen LogP contribution in [0.2, 0.25) is 5.02 Å². The zero-order valence-corrected chi connectivity index (χ0v) is 15.0. The summed E-state index contributed by atoms with van der Waals surface area (Å²) in [6, 6.07) is 14.3. The standard InChI is InChI=1S/C19H23ClN2O2/c1-23-18-8-7-15(13-19(18)24-2)14-21-9-11-22(12-10-21)17-6-4-3-5-16(17)20/h3-8,13H,9-12,14H2,1-2H3/p+1. The SMILES string of the molecule is COc1ccc(C[NH+]2CCN(c3ccccc3Cl)CC2)cc1OC. The second-order valence-corrected chi connectivity index (χ2v) is 6.46. The summed E-state index contributed by atoms with van der Waals surface area (Å²) in [6.45, 7) is 5.23. The third kappa shape index (κ3) is 3.77. The fourth-order valence-electron chi connectivity index (χ4n) is 3.23. The molecule has 0 radical (unpaired) electrons. The van der Waals surface area contributed by atoms with E-state index in [9.17, 15) is 0 Å². The Morgan fingerprint density at radius 1 is 1.00 bits per heavy atom. The molecule has 0 amide bonds. The van der Waals surface area contributed by atoms with Crippen LogP contribution < -0.4 is 19.3 Å². The number of nitrogens with zero attached hydrogens (tertiary/aromatic N) is 1. The highest BCUT2D eigenvalue weighted by molar-refractivity contribution is 6.33. The minimum absolute atomic E-state index is 0.778. The van der Waals surface area contributed by atoms with Crippen LogP contribution in [0, 0.1) is 0 Å². The number of anilines is 1. The summed E-state index contributed by atoms with van der Waals surface area (Å²) in [5.74, 6) is 1.57. The zero-order valence-electron chi connectivity index (χ0n) is 14.2. The molecule has 0 aromatic heterocycles. The predicted octanol–water partition coefficient (Wildman–Crippen LogP) is 2.26. The Kier molecular flexibility index (Phi) is 5.48. The molecule has 1 N–H and O–H groups in total. The molecule has 1 aliphatic rings. The molecule has 24 heavy (non-hydrogen) atoms. The van der Waals surface area contributed by atoms with Gasteiger partial charge >= 0.3 is 0 Å². The first-order valence-electron chi connectivity index (χ1n) is 8.25. The van der Waals surface area contributed by atoms with Crippen LogP contribution in [-0.2, 0) is 6.54 Å². The summed E-state index contributed by atoms with van der Waals surface area (Å²) in [6.07, 6.45) is 0. The monoisotopic (exact) mass is 347 g/mol. The zero-order chi connectivity index (χ0) is 16.9. The lowest BCUT2D eigenvalue weighted by atomic mass is 10.1. The largest absolute Gasteiger partial charge is 0.493 e. The average molecular weight is 348 g/mol. The van der Waals surface area contributed by atoms with Gasteiger partial charge in [-0.15, -0.1) is 0 Å². The molecule has 2 aromatic rings. The lowest BCUT2D eigenvalue weighted by Crippen LogP contribution is -3.13. The molecular formula is C19H24ClN2O2+. The Morgan fingerprint density at radius 2 is 1.71 bits per heavy atom. The molecule has 128 valence electrons. The van der Waals surface area contributed by atoms with Gasteiger partial charge in [0.1, 0.15) is 6.54 Å². The van der Waals surface area contributed by atoms with Crippen LogP contribution in [0.5, 0.6) is 11.5 Å². The van der Waals surface area contributed by atoms with Gasteiger partial charge in [-0.05, 0) is 30.3 Å². The van der Waals surface area contributed by atoms with Crippen LogP contribution in [0.25, 0.3) is 0 Å². The number of nitrogens with one attached hydrogen (secondary N) is 1. The number of ether oxygens (including phenoxy) is 2. The summed E-state index contributed by atoms with van der Waals surface area (Å²) in [5, 5.41) is 0.834. The minimum atomic E-state index is 0.778. The Balaban J connectivity index is 1.60. The van der Waals surface area contributed by atoms with Gasteiger partial charge in [0, 0.05) is 5.56 Å². The highest BCUT2D eigenvalue weighted by Gasteiger charge is 2.22. The number of methoxy groups -OCH3 is 2. The molecule has 5 heteroatoms. The van der Waals surface area contributed by atoms with Crippen molar-refractivity contribution in [2.75, 3.05) is 45.3 Å². The van der Waals surface area contributed by atoms with E-state index in [4.69, 9.17) is 21.1 Å². The molecule has 0 unspecified atom stereocenters. The molecule has 2 aromatic carbocycles. The smallest absolute Gasteiger partial charge is 0.161 e. The van der Waals surface area contributed by atoms with Gasteiger partial charge < -0.3 is 19.3 Å². The topological polar surface area (TPSA) is 26.1 Å². The van der Waals surface area contributed by atoms with Crippen molar-refractivity contribution >= 4 is 17.3 Å². The molecule has 4 nitrogen and oxygen atoms in total. The molecule has 3 rings (SSSR count). The van der Waals surface area contributed by atoms with Crippen molar-refractivity contribution in [1.29, 1.82) is 0 Å². The maximum absolute atomic E-state index is 6.31. The van der Waals surface area contributed by atoms with Gasteiger partial charge in [0.25, 0.3) is 0 Å². The summed E-state index contributed by atoms with van der Waals surface area (Å²) < 4.78 is 10.7. The lowest BCUT2D eigenvalue weighted by Gasteiger charge is -2.34. The van der Waals surface area contributed by atoms with Crippen molar-refractivity contribution in [2.45, 2.75) is 6.54 Å². The number of hydrogen-bond acceptors (Lipinski definition) is 3. The molecule has 0 saturated carbocycles. The van der Waals surface area contributed by atoms with Crippen molar-refractivity contribution in [3.05, 3.63) is 53.1 Å². The molecular weight excluding hydrogens is 324 g/mol. The maximum Gasteiger partial charge on any atom is 0.161 e. The fourth-order valence-corrected chi connectivity index (χ4v) is 3.48. The third-order valence-corrected chi connectivity index (χ3v) is 4.89. The van der Waals surface area contributed by atoms with Gasteiger partial charge in [-0.3, -0.25) is 0 Å². The van der Waals surface area contributed by atoms with Gasteiger partial charge in [0.15, 0.2) is 11.5 Å². The van der Waals surface area contributed by atoms with E-state index in [1.807, 2.05) is 24.3 Å². The first kappa shape index (κ1) is 16.9. The average Bonchev–Trinajstić information content (AvgIpc) is 2.63. The fraction of sp³-hybridized carbons (Fsp3) is 0.368. The van der Waals surface area contributed by atoms with E-state index in [1.54, 1.807) is 19.1 Å². The Labute approximate surface area is 148 Å². The molecule has 0 spiro atoms.